The lowest BCUT2D eigenvalue weighted by atomic mass is 10.0. The number of nitrogens with one attached hydrogen (secondary N) is 2. The fraction of sp³-hybridized carbons (Fsp3) is 0.296. The molecule has 0 spiro atoms. The zero-order valence-corrected chi connectivity index (χ0v) is 21.9. The smallest absolute Gasteiger partial charge is 0.475 e. The van der Waals surface area contributed by atoms with Gasteiger partial charge in [0.05, 0.1) is 16.8 Å². The number of carboxylic acids is 1. The van der Waals surface area contributed by atoms with Crippen molar-refractivity contribution in [2.24, 2.45) is 7.05 Å². The number of halogens is 3. The number of carboxylic acid groups (broad SMARTS) is 1. The molecule has 13 heteroatoms. The Hall–Kier alpha value is -4.68. The maximum absolute atomic E-state index is 13.1. The molecule has 1 amide bonds. The lowest BCUT2D eigenvalue weighted by Crippen LogP contribution is -2.33. The van der Waals surface area contributed by atoms with Crippen LogP contribution >= 0.6 is 0 Å². The summed E-state index contributed by atoms with van der Waals surface area (Å²) in [6, 6.07) is 16.9. The summed E-state index contributed by atoms with van der Waals surface area (Å²) in [4.78, 5) is 35.9. The summed E-state index contributed by atoms with van der Waals surface area (Å²) in [5, 5.41) is 23.2. The van der Waals surface area contributed by atoms with Crippen LogP contribution in [0.25, 0.3) is 22.0 Å². The highest BCUT2D eigenvalue weighted by Crippen LogP contribution is 2.29. The van der Waals surface area contributed by atoms with Gasteiger partial charge in [-0.25, -0.2) is 9.89 Å². The van der Waals surface area contributed by atoms with Crippen LogP contribution in [0.5, 0.6) is 0 Å². The summed E-state index contributed by atoms with van der Waals surface area (Å²) in [7, 11) is 1.89. The number of H-pyrrole nitrogens is 1. The number of fused-ring (bicyclic) bond motifs is 1. The maximum Gasteiger partial charge on any atom is 0.490 e. The number of benzene rings is 2. The van der Waals surface area contributed by atoms with Crippen molar-refractivity contribution in [1.82, 2.24) is 20.0 Å². The van der Waals surface area contributed by atoms with Gasteiger partial charge < -0.3 is 15.3 Å². The quantitative estimate of drug-likeness (QED) is 0.334. The first-order chi connectivity index (χ1) is 18.9. The van der Waals surface area contributed by atoms with E-state index in [9.17, 15) is 22.8 Å². The third-order valence-corrected chi connectivity index (χ3v) is 6.41. The molecule has 4 aromatic rings. The van der Waals surface area contributed by atoms with Crippen LogP contribution in [0, 0.1) is 0 Å². The number of carbonyl (C=O) groups excluding carboxylic acids is 1. The molecule has 0 radical (unpaired) electrons. The van der Waals surface area contributed by atoms with Crippen LogP contribution in [0.15, 0.2) is 59.4 Å². The van der Waals surface area contributed by atoms with Crippen molar-refractivity contribution in [3.63, 3.8) is 0 Å². The number of anilines is 2. The van der Waals surface area contributed by atoms with E-state index in [4.69, 9.17) is 9.90 Å². The van der Waals surface area contributed by atoms with E-state index in [0.29, 0.717) is 23.5 Å². The van der Waals surface area contributed by atoms with Crippen LogP contribution < -0.4 is 15.8 Å². The van der Waals surface area contributed by atoms with Crippen molar-refractivity contribution in [2.45, 2.75) is 38.4 Å². The predicted molar refractivity (Wildman–Crippen MR) is 143 cm³/mol. The molecule has 210 valence electrons. The van der Waals surface area contributed by atoms with Gasteiger partial charge in [-0.05, 0) is 30.5 Å². The Labute approximate surface area is 226 Å². The predicted octanol–water partition coefficient (Wildman–Crippen LogP) is 4.30. The minimum Gasteiger partial charge on any atom is -0.475 e. The van der Waals surface area contributed by atoms with E-state index in [-0.39, 0.29) is 17.5 Å². The molecular weight excluding hydrogens is 529 g/mol. The Morgan fingerprint density at radius 2 is 1.73 bits per heavy atom. The Morgan fingerprint density at radius 1 is 1.10 bits per heavy atom. The molecule has 2 aromatic heterocycles. The summed E-state index contributed by atoms with van der Waals surface area (Å²) < 4.78 is 33.5. The summed E-state index contributed by atoms with van der Waals surface area (Å²) in [6.45, 7) is 4.85. The number of aliphatic carboxylic acids is 1. The van der Waals surface area contributed by atoms with E-state index in [1.807, 2.05) is 55.6 Å². The van der Waals surface area contributed by atoms with Crippen LogP contribution in [-0.4, -0.2) is 55.7 Å². The number of amides is 1. The number of aromatic nitrogens is 4. The second kappa shape index (κ2) is 11.2. The molecule has 0 aliphatic carbocycles. The number of nitrogens with zero attached hydrogens (tertiary/aromatic N) is 4. The SMILES string of the molecule is CC(C)c1cc(NC2CCN(c3ccc(-c4n[nH]c(=O)c5ccccc45)cc3)C2=O)n(C)n1.O=C(O)C(F)(F)F. The maximum atomic E-state index is 13.1. The molecule has 1 unspecified atom stereocenters. The summed E-state index contributed by atoms with van der Waals surface area (Å²) in [5.74, 6) is -1.53. The zero-order valence-electron chi connectivity index (χ0n) is 21.9. The second-order valence-electron chi connectivity index (χ2n) is 9.50. The average molecular weight is 557 g/mol. The van der Waals surface area contributed by atoms with Crippen molar-refractivity contribution >= 4 is 34.2 Å². The number of aryl methyl sites for hydroxylation is 1. The first-order valence-corrected chi connectivity index (χ1v) is 12.4. The number of rotatable bonds is 5. The molecule has 1 fully saturated rings. The largest absolute Gasteiger partial charge is 0.490 e. The molecule has 1 aliphatic rings. The summed E-state index contributed by atoms with van der Waals surface area (Å²) in [6.07, 6.45) is -4.37. The standard InChI is InChI=1S/C25H26N6O2.C2HF3O2/c1-15(2)21-14-22(30(3)29-21)26-20-12-13-31(25(20)33)17-10-8-16(9-11-17)23-18-6-4-5-7-19(18)24(32)28-27-23;3-2(4,5)1(6)7/h4-11,14-15,20,26H,12-13H2,1-3H3,(H,28,32);(H,6,7). The highest BCUT2D eigenvalue weighted by atomic mass is 19.4. The Kier molecular flexibility index (Phi) is 7.93. The molecule has 0 saturated carbocycles. The fourth-order valence-electron chi connectivity index (χ4n) is 4.29. The fourth-order valence-corrected chi connectivity index (χ4v) is 4.29. The van der Waals surface area contributed by atoms with Gasteiger partial charge in [0.2, 0.25) is 5.91 Å². The van der Waals surface area contributed by atoms with Crippen LogP contribution in [0.2, 0.25) is 0 Å². The number of hydrogen-bond acceptors (Lipinski definition) is 6. The van der Waals surface area contributed by atoms with Gasteiger partial charge in [0, 0.05) is 36.3 Å². The summed E-state index contributed by atoms with van der Waals surface area (Å²) >= 11 is 0. The van der Waals surface area contributed by atoms with E-state index in [1.54, 1.807) is 15.6 Å². The van der Waals surface area contributed by atoms with E-state index in [2.05, 4.69) is 34.5 Å². The Morgan fingerprint density at radius 3 is 2.30 bits per heavy atom. The molecule has 3 N–H and O–H groups in total. The third kappa shape index (κ3) is 5.98. The number of aromatic amines is 1. The van der Waals surface area contributed by atoms with Gasteiger partial charge in [0.25, 0.3) is 5.56 Å². The summed E-state index contributed by atoms with van der Waals surface area (Å²) in [5.41, 5.74) is 3.22. The molecule has 1 atom stereocenters. The monoisotopic (exact) mass is 556 g/mol. The van der Waals surface area contributed by atoms with Gasteiger partial charge in [0.1, 0.15) is 11.9 Å². The molecular formula is C27H27F3N6O4. The molecule has 3 heterocycles. The molecule has 2 aromatic carbocycles. The Balaban J connectivity index is 0.000000470. The van der Waals surface area contributed by atoms with Gasteiger partial charge in [0.15, 0.2) is 0 Å². The van der Waals surface area contributed by atoms with Crippen LogP contribution in [-0.2, 0) is 16.6 Å². The normalized spacial score (nSPS) is 15.3. The van der Waals surface area contributed by atoms with Crippen LogP contribution in [0.1, 0.15) is 31.9 Å². The molecule has 5 rings (SSSR count). The number of hydrogen-bond donors (Lipinski definition) is 3. The van der Waals surface area contributed by atoms with E-state index >= 15 is 0 Å². The van der Waals surface area contributed by atoms with Gasteiger partial charge in [-0.15, -0.1) is 0 Å². The van der Waals surface area contributed by atoms with Crippen molar-refractivity contribution in [2.75, 3.05) is 16.8 Å². The highest BCUT2D eigenvalue weighted by Gasteiger charge is 2.38. The third-order valence-electron chi connectivity index (χ3n) is 6.41. The average Bonchev–Trinajstić information content (AvgIpc) is 3.47. The first-order valence-electron chi connectivity index (χ1n) is 12.4. The first kappa shape index (κ1) is 28.3. The van der Waals surface area contributed by atoms with Crippen molar-refractivity contribution in [3.05, 3.63) is 70.6 Å². The van der Waals surface area contributed by atoms with Gasteiger partial charge in [-0.2, -0.15) is 23.4 Å². The highest BCUT2D eigenvalue weighted by molar-refractivity contribution is 6.01. The molecule has 1 saturated heterocycles. The topological polar surface area (TPSA) is 133 Å². The Bertz CT molecular complexity index is 1590. The minimum absolute atomic E-state index is 0.0441. The van der Waals surface area contributed by atoms with Gasteiger partial charge >= 0.3 is 12.1 Å². The van der Waals surface area contributed by atoms with E-state index in [1.165, 1.54) is 0 Å². The molecule has 0 bridgehead atoms. The molecule has 10 nitrogen and oxygen atoms in total. The number of carbonyl (C=O) groups is 2. The van der Waals surface area contributed by atoms with Gasteiger partial charge in [-0.3, -0.25) is 14.3 Å². The van der Waals surface area contributed by atoms with Crippen molar-refractivity contribution < 1.29 is 27.9 Å². The van der Waals surface area contributed by atoms with Gasteiger partial charge in [-0.1, -0.05) is 44.2 Å². The van der Waals surface area contributed by atoms with Crippen molar-refractivity contribution in [3.8, 4) is 11.3 Å². The van der Waals surface area contributed by atoms with E-state index < -0.39 is 12.1 Å². The van der Waals surface area contributed by atoms with Crippen LogP contribution in [0.3, 0.4) is 0 Å². The van der Waals surface area contributed by atoms with Crippen LogP contribution in [0.4, 0.5) is 24.7 Å². The molecule has 1 aliphatic heterocycles. The van der Waals surface area contributed by atoms with E-state index in [0.717, 1.165) is 34.6 Å². The lowest BCUT2D eigenvalue weighted by Gasteiger charge is -2.18. The molecule has 40 heavy (non-hydrogen) atoms. The second-order valence-corrected chi connectivity index (χ2v) is 9.50. The zero-order chi connectivity index (χ0) is 29.2. The van der Waals surface area contributed by atoms with Crippen molar-refractivity contribution in [1.29, 1.82) is 0 Å². The lowest BCUT2D eigenvalue weighted by molar-refractivity contribution is -0.192. The minimum atomic E-state index is -5.08. The number of alkyl halides is 3.